The van der Waals surface area contributed by atoms with E-state index in [9.17, 15) is 18.0 Å². The van der Waals surface area contributed by atoms with Gasteiger partial charge in [-0.3, -0.25) is 0 Å². The van der Waals surface area contributed by atoms with Crippen LogP contribution in [0.2, 0.25) is 0 Å². The average Bonchev–Trinajstić information content (AvgIpc) is 2.93. The molecule has 0 saturated heterocycles. The van der Waals surface area contributed by atoms with Crippen LogP contribution in [-0.2, 0) is 10.9 Å². The number of alkyl halides is 3. The molecule has 22 heavy (non-hydrogen) atoms. The van der Waals surface area contributed by atoms with Crippen molar-refractivity contribution in [1.29, 1.82) is 0 Å². The Morgan fingerprint density at radius 1 is 1.27 bits per heavy atom. The number of hydrogen-bond acceptors (Lipinski definition) is 4. The topological polar surface area (TPSA) is 53.4 Å². The quantitative estimate of drug-likeness (QED) is 0.814. The van der Waals surface area contributed by atoms with Crippen molar-refractivity contribution in [2.24, 2.45) is 0 Å². The Morgan fingerprint density at radius 3 is 2.41 bits per heavy atom. The van der Waals surface area contributed by atoms with Crippen LogP contribution in [0.4, 0.5) is 13.2 Å². The molecule has 0 atom stereocenters. The maximum atomic E-state index is 13.0. The molecule has 0 aliphatic heterocycles. The van der Waals surface area contributed by atoms with Gasteiger partial charge < -0.3 is 9.47 Å². The van der Waals surface area contributed by atoms with Crippen molar-refractivity contribution in [3.8, 4) is 11.4 Å². The smallest absolute Gasteiger partial charge is 0.436 e. The summed E-state index contributed by atoms with van der Waals surface area (Å²) in [6.07, 6.45) is -3.75. The molecule has 0 N–H and O–H groups in total. The molecule has 2 rings (SSSR count). The second-order valence-electron chi connectivity index (χ2n) is 4.25. The van der Waals surface area contributed by atoms with E-state index >= 15 is 0 Å². The van der Waals surface area contributed by atoms with E-state index in [4.69, 9.17) is 4.74 Å². The van der Waals surface area contributed by atoms with Crippen LogP contribution in [0, 0.1) is 0 Å². The molecule has 0 aliphatic rings. The van der Waals surface area contributed by atoms with Gasteiger partial charge in [-0.2, -0.15) is 18.3 Å². The number of carbonyl (C=O) groups excluding carboxylic acids is 1. The molecule has 118 valence electrons. The number of rotatable bonds is 4. The molecule has 8 heteroatoms. The summed E-state index contributed by atoms with van der Waals surface area (Å²) in [5, 5.41) is 3.46. The third kappa shape index (κ3) is 3.21. The standard InChI is InChI=1S/C14H13F3N2O3/c1-3-22-13(20)11-8-19(18-12(11)14(15,16)17)9-4-6-10(21-2)7-5-9/h4-8H,3H2,1-2H3. The number of nitrogens with zero attached hydrogens (tertiary/aromatic N) is 2. The Bertz CT molecular complexity index is 663. The normalized spacial score (nSPS) is 11.3. The van der Waals surface area contributed by atoms with Crippen molar-refractivity contribution in [2.75, 3.05) is 13.7 Å². The Morgan fingerprint density at radius 2 is 1.91 bits per heavy atom. The number of methoxy groups -OCH3 is 1. The highest BCUT2D eigenvalue weighted by Gasteiger charge is 2.39. The van der Waals surface area contributed by atoms with Gasteiger partial charge in [0.2, 0.25) is 0 Å². The van der Waals surface area contributed by atoms with Gasteiger partial charge in [0.15, 0.2) is 5.69 Å². The van der Waals surface area contributed by atoms with Gasteiger partial charge in [-0.1, -0.05) is 0 Å². The van der Waals surface area contributed by atoms with Gasteiger partial charge in [-0.15, -0.1) is 0 Å². The Balaban J connectivity index is 2.47. The number of hydrogen-bond donors (Lipinski definition) is 0. The summed E-state index contributed by atoms with van der Waals surface area (Å²) >= 11 is 0. The summed E-state index contributed by atoms with van der Waals surface area (Å²) in [5.41, 5.74) is -1.53. The zero-order valence-corrected chi connectivity index (χ0v) is 11.8. The van der Waals surface area contributed by atoms with Gasteiger partial charge in [0.05, 0.1) is 19.4 Å². The molecule has 0 amide bonds. The predicted octanol–water partition coefficient (Wildman–Crippen LogP) is 3.08. The maximum absolute atomic E-state index is 13.0. The molecule has 1 aromatic heterocycles. The van der Waals surface area contributed by atoms with Crippen LogP contribution in [0.5, 0.6) is 5.75 Å². The van der Waals surface area contributed by atoms with Crippen LogP contribution in [0.3, 0.4) is 0 Å². The van der Waals surface area contributed by atoms with Crippen molar-refractivity contribution in [2.45, 2.75) is 13.1 Å². The number of esters is 1. The van der Waals surface area contributed by atoms with E-state index in [0.29, 0.717) is 11.4 Å². The first-order valence-electron chi connectivity index (χ1n) is 6.35. The van der Waals surface area contributed by atoms with Crippen molar-refractivity contribution >= 4 is 5.97 Å². The summed E-state index contributed by atoms with van der Waals surface area (Å²) in [7, 11) is 1.48. The number of carbonyl (C=O) groups is 1. The lowest BCUT2D eigenvalue weighted by Crippen LogP contribution is -2.14. The second-order valence-corrected chi connectivity index (χ2v) is 4.25. The minimum atomic E-state index is -4.75. The van der Waals surface area contributed by atoms with Crippen LogP contribution >= 0.6 is 0 Å². The van der Waals surface area contributed by atoms with Gasteiger partial charge in [0.1, 0.15) is 11.3 Å². The summed E-state index contributed by atoms with van der Waals surface area (Å²) in [5.74, 6) is -0.507. The highest BCUT2D eigenvalue weighted by Crippen LogP contribution is 2.32. The SMILES string of the molecule is CCOC(=O)c1cn(-c2ccc(OC)cc2)nc1C(F)(F)F. The van der Waals surface area contributed by atoms with Crippen LogP contribution in [0.15, 0.2) is 30.5 Å². The van der Waals surface area contributed by atoms with Crippen molar-refractivity contribution in [3.63, 3.8) is 0 Å². The summed E-state index contributed by atoms with van der Waals surface area (Å²) in [4.78, 5) is 11.7. The highest BCUT2D eigenvalue weighted by molar-refractivity contribution is 5.90. The first kappa shape index (κ1) is 15.9. The van der Waals surface area contributed by atoms with E-state index in [1.165, 1.54) is 26.2 Å². The molecular formula is C14H13F3N2O3. The molecule has 1 heterocycles. The van der Waals surface area contributed by atoms with E-state index in [1.54, 1.807) is 12.1 Å². The van der Waals surface area contributed by atoms with Gasteiger partial charge >= 0.3 is 12.1 Å². The zero-order valence-electron chi connectivity index (χ0n) is 11.8. The molecule has 0 aliphatic carbocycles. The number of benzene rings is 1. The predicted molar refractivity (Wildman–Crippen MR) is 71.1 cm³/mol. The van der Waals surface area contributed by atoms with Crippen LogP contribution in [0.1, 0.15) is 23.0 Å². The van der Waals surface area contributed by atoms with E-state index in [-0.39, 0.29) is 6.61 Å². The van der Waals surface area contributed by atoms with E-state index in [0.717, 1.165) is 10.9 Å². The lowest BCUT2D eigenvalue weighted by molar-refractivity contribution is -0.141. The summed E-state index contributed by atoms with van der Waals surface area (Å²) < 4.78 is 49.6. The fraction of sp³-hybridized carbons (Fsp3) is 0.286. The minimum Gasteiger partial charge on any atom is -0.497 e. The van der Waals surface area contributed by atoms with Crippen molar-refractivity contribution in [1.82, 2.24) is 9.78 Å². The van der Waals surface area contributed by atoms with Crippen LogP contribution in [-0.4, -0.2) is 29.5 Å². The Labute approximate surface area is 124 Å². The lowest BCUT2D eigenvalue weighted by Gasteiger charge is -2.05. The number of ether oxygens (including phenoxy) is 2. The molecule has 0 unspecified atom stereocenters. The summed E-state index contributed by atoms with van der Waals surface area (Å²) in [6, 6.07) is 6.21. The third-order valence-corrected chi connectivity index (χ3v) is 2.82. The molecule has 0 spiro atoms. The number of halogens is 3. The van der Waals surface area contributed by atoms with Gasteiger partial charge in [0, 0.05) is 6.20 Å². The molecule has 1 aromatic carbocycles. The van der Waals surface area contributed by atoms with Gasteiger partial charge in [-0.25, -0.2) is 9.48 Å². The highest BCUT2D eigenvalue weighted by atomic mass is 19.4. The van der Waals surface area contributed by atoms with Gasteiger partial charge in [-0.05, 0) is 31.2 Å². The monoisotopic (exact) mass is 314 g/mol. The first-order valence-corrected chi connectivity index (χ1v) is 6.35. The molecule has 2 aromatic rings. The molecule has 0 fully saturated rings. The Kier molecular flexibility index (Phi) is 4.39. The average molecular weight is 314 g/mol. The van der Waals surface area contributed by atoms with E-state index in [2.05, 4.69) is 9.84 Å². The van der Waals surface area contributed by atoms with Crippen molar-refractivity contribution < 1.29 is 27.4 Å². The minimum absolute atomic E-state index is 0.0240. The summed E-state index contributed by atoms with van der Waals surface area (Å²) in [6.45, 7) is 1.49. The zero-order chi connectivity index (χ0) is 16.3. The first-order chi connectivity index (χ1) is 10.4. The second kappa shape index (κ2) is 6.08. The van der Waals surface area contributed by atoms with Crippen LogP contribution < -0.4 is 4.74 Å². The van der Waals surface area contributed by atoms with Gasteiger partial charge in [0.25, 0.3) is 0 Å². The lowest BCUT2D eigenvalue weighted by atomic mass is 10.2. The fourth-order valence-corrected chi connectivity index (χ4v) is 1.81. The molecule has 0 radical (unpaired) electrons. The number of aromatic nitrogens is 2. The Hall–Kier alpha value is -2.51. The fourth-order valence-electron chi connectivity index (χ4n) is 1.81. The maximum Gasteiger partial charge on any atom is 0.436 e. The molecule has 5 nitrogen and oxygen atoms in total. The van der Waals surface area contributed by atoms with E-state index in [1.807, 2.05) is 0 Å². The van der Waals surface area contributed by atoms with E-state index < -0.39 is 23.4 Å². The molecule has 0 saturated carbocycles. The molecule has 0 bridgehead atoms. The van der Waals surface area contributed by atoms with Crippen LogP contribution in [0.25, 0.3) is 5.69 Å². The largest absolute Gasteiger partial charge is 0.497 e. The third-order valence-electron chi connectivity index (χ3n) is 2.82. The molecular weight excluding hydrogens is 301 g/mol. The van der Waals surface area contributed by atoms with Crippen molar-refractivity contribution in [3.05, 3.63) is 41.7 Å².